The van der Waals surface area contributed by atoms with E-state index >= 15 is 0 Å². The average molecular weight is 282 g/mol. The Morgan fingerprint density at radius 3 is 2.10 bits per heavy atom. The number of benzene rings is 1. The second kappa shape index (κ2) is 6.76. The third-order valence-corrected chi connectivity index (χ3v) is 3.73. The van der Waals surface area contributed by atoms with Crippen molar-refractivity contribution < 1.29 is 13.2 Å². The van der Waals surface area contributed by atoms with Crippen LogP contribution in [0.25, 0.3) is 0 Å². The number of hydrogen-bond donors (Lipinski definition) is 1. The monoisotopic (exact) mass is 282 g/mol. The maximum Gasteiger partial charge on any atom is 0.194 e. The van der Waals surface area contributed by atoms with Gasteiger partial charge in [0, 0.05) is 6.04 Å². The van der Waals surface area contributed by atoms with Crippen LogP contribution in [0.15, 0.2) is 12.1 Å². The number of nitrogens with zero attached hydrogens (tertiary/aromatic N) is 1. The summed E-state index contributed by atoms with van der Waals surface area (Å²) in [7, 11) is 0. The van der Waals surface area contributed by atoms with Gasteiger partial charge in [0.25, 0.3) is 0 Å². The van der Waals surface area contributed by atoms with Crippen molar-refractivity contribution in [1.29, 1.82) is 5.26 Å². The Morgan fingerprint density at radius 1 is 1.05 bits per heavy atom. The highest BCUT2D eigenvalue weighted by atomic mass is 19.2. The average Bonchev–Trinajstić information content (AvgIpc) is 2.70. The summed E-state index contributed by atoms with van der Waals surface area (Å²) < 4.78 is 39.4. The quantitative estimate of drug-likeness (QED) is 0.672. The SMILES string of the molecule is N#CC(NC1CCCCCC1)c1cc(F)c(F)c(F)c1. The summed E-state index contributed by atoms with van der Waals surface area (Å²) >= 11 is 0. The van der Waals surface area contributed by atoms with Crippen molar-refractivity contribution in [3.63, 3.8) is 0 Å². The first-order valence-electron chi connectivity index (χ1n) is 6.92. The van der Waals surface area contributed by atoms with Crippen LogP contribution in [0.1, 0.15) is 50.1 Å². The molecule has 0 bridgehead atoms. The fourth-order valence-corrected chi connectivity index (χ4v) is 2.63. The fourth-order valence-electron chi connectivity index (χ4n) is 2.63. The maximum atomic E-state index is 13.2. The predicted octanol–water partition coefficient (Wildman–Crippen LogP) is 3.98. The molecular formula is C15H17F3N2. The van der Waals surface area contributed by atoms with Crippen LogP contribution in [0.2, 0.25) is 0 Å². The summed E-state index contributed by atoms with van der Waals surface area (Å²) in [5.41, 5.74) is 0.133. The summed E-state index contributed by atoms with van der Waals surface area (Å²) in [5.74, 6) is -4.02. The van der Waals surface area contributed by atoms with E-state index in [1.807, 2.05) is 6.07 Å². The highest BCUT2D eigenvalue weighted by Crippen LogP contribution is 2.23. The largest absolute Gasteiger partial charge is 0.295 e. The van der Waals surface area contributed by atoms with Crippen LogP contribution < -0.4 is 5.32 Å². The highest BCUT2D eigenvalue weighted by Gasteiger charge is 2.21. The van der Waals surface area contributed by atoms with E-state index in [1.54, 1.807) is 0 Å². The molecule has 2 rings (SSSR count). The molecule has 1 aromatic carbocycles. The Kier molecular flexibility index (Phi) is 5.02. The molecule has 0 spiro atoms. The molecule has 5 heteroatoms. The maximum absolute atomic E-state index is 13.2. The first-order valence-corrected chi connectivity index (χ1v) is 6.92. The van der Waals surface area contributed by atoms with Crippen LogP contribution in [-0.2, 0) is 0 Å². The van der Waals surface area contributed by atoms with Gasteiger partial charge in [-0.3, -0.25) is 5.32 Å². The van der Waals surface area contributed by atoms with Gasteiger partial charge in [0.15, 0.2) is 17.5 Å². The van der Waals surface area contributed by atoms with Crippen molar-refractivity contribution in [1.82, 2.24) is 5.32 Å². The summed E-state index contributed by atoms with van der Waals surface area (Å²) in [6.07, 6.45) is 6.42. The van der Waals surface area contributed by atoms with Crippen LogP contribution in [0.4, 0.5) is 13.2 Å². The van der Waals surface area contributed by atoms with E-state index in [4.69, 9.17) is 0 Å². The lowest BCUT2D eigenvalue weighted by Crippen LogP contribution is -2.32. The minimum absolute atomic E-state index is 0.133. The zero-order chi connectivity index (χ0) is 14.5. The van der Waals surface area contributed by atoms with Gasteiger partial charge in [-0.15, -0.1) is 0 Å². The Bertz CT molecular complexity index is 479. The Hall–Kier alpha value is -1.54. The van der Waals surface area contributed by atoms with Gasteiger partial charge in [-0.2, -0.15) is 5.26 Å². The van der Waals surface area contributed by atoms with Crippen molar-refractivity contribution in [3.05, 3.63) is 35.1 Å². The number of rotatable bonds is 3. The number of nitriles is 1. The molecule has 108 valence electrons. The summed E-state index contributed by atoms with van der Waals surface area (Å²) in [5, 5.41) is 12.3. The van der Waals surface area contributed by atoms with Crippen LogP contribution in [-0.4, -0.2) is 6.04 Å². The molecule has 0 aromatic heterocycles. The van der Waals surface area contributed by atoms with E-state index in [9.17, 15) is 18.4 Å². The van der Waals surface area contributed by atoms with Crippen molar-refractivity contribution in [3.8, 4) is 6.07 Å². The zero-order valence-electron chi connectivity index (χ0n) is 11.1. The topological polar surface area (TPSA) is 35.8 Å². The third kappa shape index (κ3) is 3.51. The molecule has 1 saturated carbocycles. The summed E-state index contributed by atoms with van der Waals surface area (Å²) in [6.45, 7) is 0. The highest BCUT2D eigenvalue weighted by molar-refractivity contribution is 5.26. The van der Waals surface area contributed by atoms with Gasteiger partial charge in [-0.25, -0.2) is 13.2 Å². The number of halogens is 3. The zero-order valence-corrected chi connectivity index (χ0v) is 11.1. The predicted molar refractivity (Wildman–Crippen MR) is 69.3 cm³/mol. The summed E-state index contributed by atoms with van der Waals surface area (Å²) in [6, 6.07) is 3.11. The van der Waals surface area contributed by atoms with E-state index in [0.717, 1.165) is 37.8 Å². The minimum Gasteiger partial charge on any atom is -0.295 e. The molecule has 0 saturated heterocycles. The lowest BCUT2D eigenvalue weighted by molar-refractivity contribution is 0.423. The standard InChI is InChI=1S/C15H17F3N2/c16-12-7-10(8-13(17)15(12)18)14(9-19)20-11-5-3-1-2-4-6-11/h7-8,11,14,20H,1-6H2. The Labute approximate surface area is 116 Å². The van der Waals surface area contributed by atoms with Gasteiger partial charge in [-0.05, 0) is 30.5 Å². The normalized spacial score (nSPS) is 18.3. The van der Waals surface area contributed by atoms with Crippen molar-refractivity contribution >= 4 is 0 Å². The van der Waals surface area contributed by atoms with Crippen LogP contribution >= 0.6 is 0 Å². The molecule has 0 radical (unpaired) electrons. The minimum atomic E-state index is -1.50. The molecule has 2 nitrogen and oxygen atoms in total. The van der Waals surface area contributed by atoms with Gasteiger partial charge < -0.3 is 0 Å². The second-order valence-electron chi connectivity index (χ2n) is 5.22. The molecule has 1 aliphatic rings. The second-order valence-corrected chi connectivity index (χ2v) is 5.22. The molecule has 1 N–H and O–H groups in total. The Morgan fingerprint density at radius 2 is 1.60 bits per heavy atom. The van der Waals surface area contributed by atoms with Crippen LogP contribution in [0.5, 0.6) is 0 Å². The van der Waals surface area contributed by atoms with Crippen molar-refractivity contribution in [2.45, 2.75) is 50.6 Å². The Balaban J connectivity index is 2.13. The molecule has 20 heavy (non-hydrogen) atoms. The third-order valence-electron chi connectivity index (χ3n) is 3.73. The molecule has 1 atom stereocenters. The molecule has 1 unspecified atom stereocenters. The number of hydrogen-bond acceptors (Lipinski definition) is 2. The van der Waals surface area contributed by atoms with E-state index < -0.39 is 23.5 Å². The van der Waals surface area contributed by atoms with Gasteiger partial charge in [-0.1, -0.05) is 25.7 Å². The lowest BCUT2D eigenvalue weighted by Gasteiger charge is -2.20. The molecule has 1 fully saturated rings. The first kappa shape index (κ1) is 14.9. The van der Waals surface area contributed by atoms with Crippen molar-refractivity contribution in [2.75, 3.05) is 0 Å². The van der Waals surface area contributed by atoms with E-state index in [1.165, 1.54) is 12.8 Å². The van der Waals surface area contributed by atoms with Gasteiger partial charge >= 0.3 is 0 Å². The van der Waals surface area contributed by atoms with E-state index in [2.05, 4.69) is 5.32 Å². The van der Waals surface area contributed by atoms with Gasteiger partial charge in [0.2, 0.25) is 0 Å². The van der Waals surface area contributed by atoms with Gasteiger partial charge in [0.1, 0.15) is 6.04 Å². The van der Waals surface area contributed by atoms with Crippen LogP contribution in [0.3, 0.4) is 0 Å². The summed E-state index contributed by atoms with van der Waals surface area (Å²) in [4.78, 5) is 0. The molecule has 1 aromatic rings. The molecule has 1 aliphatic carbocycles. The number of nitrogens with one attached hydrogen (secondary N) is 1. The van der Waals surface area contributed by atoms with E-state index in [-0.39, 0.29) is 11.6 Å². The van der Waals surface area contributed by atoms with Gasteiger partial charge in [0.05, 0.1) is 6.07 Å². The molecule has 0 aliphatic heterocycles. The molecule has 0 heterocycles. The van der Waals surface area contributed by atoms with Crippen molar-refractivity contribution in [2.24, 2.45) is 0 Å². The smallest absolute Gasteiger partial charge is 0.194 e. The fraction of sp³-hybridized carbons (Fsp3) is 0.533. The molecular weight excluding hydrogens is 265 g/mol. The van der Waals surface area contributed by atoms with E-state index in [0.29, 0.717) is 0 Å². The first-order chi connectivity index (χ1) is 9.61. The molecule has 0 amide bonds. The lowest BCUT2D eigenvalue weighted by atomic mass is 10.0. The van der Waals surface area contributed by atoms with Crippen LogP contribution in [0, 0.1) is 28.8 Å².